The van der Waals surface area contributed by atoms with Crippen molar-refractivity contribution in [1.29, 1.82) is 0 Å². The van der Waals surface area contributed by atoms with Crippen LogP contribution in [-0.2, 0) is 46.5 Å². The Hall–Kier alpha value is -2.48. The van der Waals surface area contributed by atoms with Gasteiger partial charge in [0.1, 0.15) is 11.2 Å². The molecule has 2 amide bonds. The zero-order valence-electron chi connectivity index (χ0n) is 36.6. The molecule has 0 radical (unpaired) electrons. The van der Waals surface area contributed by atoms with Gasteiger partial charge in [0.25, 0.3) is 0 Å². The zero-order valence-corrected chi connectivity index (χ0v) is 38.2. The molecular formula is C44H72N6O4S2. The second kappa shape index (κ2) is 20.0. The number of nitrogens with zero attached hydrogens (tertiary/aromatic N) is 2. The fourth-order valence-corrected chi connectivity index (χ4v) is 8.89. The van der Waals surface area contributed by atoms with Gasteiger partial charge in [0, 0.05) is 99.8 Å². The molecular weight excluding hydrogens is 741 g/mol. The molecule has 2 aromatic rings. The average molecular weight is 813 g/mol. The first-order valence-corrected chi connectivity index (χ1v) is 22.4. The lowest BCUT2D eigenvalue weighted by Gasteiger charge is -2.28. The van der Waals surface area contributed by atoms with Crippen LogP contribution in [0, 0.1) is 0 Å². The van der Waals surface area contributed by atoms with E-state index in [2.05, 4.69) is 87.1 Å². The highest BCUT2D eigenvalue weighted by atomic mass is 32.2. The highest BCUT2D eigenvalue weighted by Crippen LogP contribution is 2.37. The molecule has 0 fully saturated rings. The van der Waals surface area contributed by atoms with Crippen molar-refractivity contribution in [2.45, 2.75) is 141 Å². The minimum absolute atomic E-state index is 0.0416. The van der Waals surface area contributed by atoms with Crippen LogP contribution in [0.25, 0.3) is 0 Å². The number of fused-ring (bicyclic) bond motifs is 3. The summed E-state index contributed by atoms with van der Waals surface area (Å²) in [7, 11) is 0. The van der Waals surface area contributed by atoms with E-state index in [1.165, 1.54) is 43.2 Å². The van der Waals surface area contributed by atoms with Crippen LogP contribution in [0.1, 0.15) is 116 Å². The number of hydrogen-bond donors (Lipinski definition) is 4. The fraction of sp³-hybridized carbons (Fsp3) is 0.682. The monoisotopic (exact) mass is 813 g/mol. The summed E-state index contributed by atoms with van der Waals surface area (Å²) in [5.74, 6) is 1.91. The summed E-state index contributed by atoms with van der Waals surface area (Å²) in [5, 5.41) is 14.8. The van der Waals surface area contributed by atoms with Crippen molar-refractivity contribution < 1.29 is 19.1 Å². The molecule has 2 bridgehead atoms. The normalized spacial score (nSPS) is 18.1. The summed E-state index contributed by atoms with van der Waals surface area (Å²) in [6.45, 7) is 32.6. The smallest absolute Gasteiger partial charge is 0.410 e. The maximum Gasteiger partial charge on any atom is 0.410 e. The third kappa shape index (κ3) is 14.7. The van der Waals surface area contributed by atoms with E-state index in [0.717, 1.165) is 11.5 Å². The van der Waals surface area contributed by atoms with E-state index in [9.17, 15) is 9.59 Å². The van der Waals surface area contributed by atoms with Gasteiger partial charge >= 0.3 is 12.2 Å². The van der Waals surface area contributed by atoms with Crippen molar-refractivity contribution in [2.75, 3.05) is 63.9 Å². The molecule has 0 saturated carbocycles. The molecule has 12 heteroatoms. The molecule has 10 nitrogen and oxygen atoms in total. The minimum Gasteiger partial charge on any atom is -0.444 e. The van der Waals surface area contributed by atoms with Gasteiger partial charge in [0.15, 0.2) is 0 Å². The number of thioether (sulfide) groups is 2. The van der Waals surface area contributed by atoms with Gasteiger partial charge in [-0.2, -0.15) is 0 Å². The Morgan fingerprint density at radius 3 is 1.00 bits per heavy atom. The molecule has 314 valence electrons. The first-order chi connectivity index (χ1) is 26.1. The first-order valence-electron chi connectivity index (χ1n) is 20.5. The Balaban J connectivity index is 1.80. The molecule has 56 heavy (non-hydrogen) atoms. The standard InChI is InChI=1S/C44H72N6O4S2/c1-41(2,3)35-23-31-27-45-13-17-49(39(51)53-43(7,8)9)19-15-47-29-33-25-36(42(4,5)6)26-34-30-48-16-20-50(40(52)54-44(10,11)12)18-14-46-28-32(24-35)37(31)55-21-22-56-38(33)34/h23-26,45-48H,13-22,27-30H2,1-12H3. The lowest BCUT2D eigenvalue weighted by atomic mass is 9.85. The third-order valence-electron chi connectivity index (χ3n) is 9.59. The second-order valence-electron chi connectivity index (χ2n) is 19.1. The van der Waals surface area contributed by atoms with Crippen molar-refractivity contribution >= 4 is 35.7 Å². The molecule has 0 atom stereocenters. The molecule has 2 aliphatic heterocycles. The summed E-state index contributed by atoms with van der Waals surface area (Å²) in [5.41, 5.74) is 6.43. The predicted octanol–water partition coefficient (Wildman–Crippen LogP) is 8.03. The number of amides is 2. The number of carbonyl (C=O) groups is 2. The van der Waals surface area contributed by atoms with Crippen LogP contribution >= 0.6 is 23.5 Å². The topological polar surface area (TPSA) is 107 Å². The van der Waals surface area contributed by atoms with Crippen LogP contribution < -0.4 is 21.3 Å². The molecule has 2 heterocycles. The summed E-state index contributed by atoms with van der Waals surface area (Å²) >= 11 is 3.87. The Morgan fingerprint density at radius 1 is 0.500 bits per heavy atom. The van der Waals surface area contributed by atoms with Crippen molar-refractivity contribution in [1.82, 2.24) is 31.1 Å². The SMILES string of the molecule is CC(C)(C)OC(=O)N1CCNCc2cc(C(C)(C)C)cc3c2SCCSc2c(cc(C(C)(C)C)cc2CNCCN(C(=O)OC(C)(C)C)CCNC3)CNCC1. The quantitative estimate of drug-likeness (QED) is 0.209. The van der Waals surface area contributed by atoms with Gasteiger partial charge in [-0.1, -0.05) is 65.8 Å². The Bertz CT molecular complexity index is 1440. The van der Waals surface area contributed by atoms with E-state index in [-0.39, 0.29) is 23.0 Å². The predicted molar refractivity (Wildman–Crippen MR) is 234 cm³/mol. The van der Waals surface area contributed by atoms with Gasteiger partial charge < -0.3 is 40.5 Å². The lowest BCUT2D eigenvalue weighted by Crippen LogP contribution is -2.43. The number of rotatable bonds is 0. The molecule has 0 saturated heterocycles. The molecule has 2 aliphatic rings. The molecule has 0 spiro atoms. The van der Waals surface area contributed by atoms with Crippen LogP contribution in [0.3, 0.4) is 0 Å². The number of ether oxygens (including phenoxy) is 2. The van der Waals surface area contributed by atoms with Crippen LogP contribution in [0.15, 0.2) is 34.1 Å². The first kappa shape index (κ1) is 46.2. The van der Waals surface area contributed by atoms with Crippen LogP contribution in [0.5, 0.6) is 0 Å². The van der Waals surface area contributed by atoms with Crippen LogP contribution in [0.2, 0.25) is 0 Å². The van der Waals surface area contributed by atoms with Crippen LogP contribution in [-0.4, -0.2) is 97.1 Å². The van der Waals surface area contributed by atoms with E-state index >= 15 is 0 Å². The second-order valence-corrected chi connectivity index (χ2v) is 21.3. The average Bonchev–Trinajstić information content (AvgIpc) is 3.06. The Labute approximate surface area is 347 Å². The summed E-state index contributed by atoms with van der Waals surface area (Å²) in [4.78, 5) is 33.1. The van der Waals surface area contributed by atoms with Gasteiger partial charge in [-0.3, -0.25) is 0 Å². The number of benzene rings is 2. The van der Waals surface area contributed by atoms with Crippen molar-refractivity contribution in [3.8, 4) is 0 Å². The fourth-order valence-electron chi connectivity index (χ4n) is 6.55. The molecule has 2 aromatic carbocycles. The molecule has 0 aliphatic carbocycles. The maximum absolute atomic E-state index is 13.4. The van der Waals surface area contributed by atoms with Gasteiger partial charge in [-0.25, -0.2) is 9.59 Å². The van der Waals surface area contributed by atoms with E-state index in [1.54, 1.807) is 0 Å². The maximum atomic E-state index is 13.4. The van der Waals surface area contributed by atoms with E-state index < -0.39 is 11.2 Å². The molecule has 0 unspecified atom stereocenters. The summed E-state index contributed by atoms with van der Waals surface area (Å²) < 4.78 is 11.7. The van der Waals surface area contributed by atoms with E-state index in [4.69, 9.17) is 9.47 Å². The van der Waals surface area contributed by atoms with Crippen molar-refractivity contribution in [2.24, 2.45) is 0 Å². The zero-order chi connectivity index (χ0) is 41.3. The minimum atomic E-state index is -0.576. The highest BCUT2D eigenvalue weighted by Gasteiger charge is 2.26. The van der Waals surface area contributed by atoms with E-state index in [1.807, 2.05) is 74.9 Å². The largest absolute Gasteiger partial charge is 0.444 e. The van der Waals surface area contributed by atoms with Gasteiger partial charge in [-0.15, -0.1) is 23.5 Å². The Kier molecular flexibility index (Phi) is 16.5. The number of hydrogen-bond acceptors (Lipinski definition) is 10. The number of nitrogens with one attached hydrogen (secondary N) is 4. The van der Waals surface area contributed by atoms with Crippen LogP contribution in [0.4, 0.5) is 9.59 Å². The third-order valence-corrected chi connectivity index (χ3v) is 12.3. The lowest BCUT2D eigenvalue weighted by molar-refractivity contribution is 0.0243. The van der Waals surface area contributed by atoms with Gasteiger partial charge in [-0.05, 0) is 85.8 Å². The Morgan fingerprint density at radius 2 is 0.768 bits per heavy atom. The molecule has 4 rings (SSSR count). The summed E-state index contributed by atoms with van der Waals surface area (Å²) in [6.07, 6.45) is -0.575. The summed E-state index contributed by atoms with van der Waals surface area (Å²) in [6, 6.07) is 9.48. The van der Waals surface area contributed by atoms with Crippen molar-refractivity contribution in [3.63, 3.8) is 0 Å². The van der Waals surface area contributed by atoms with Gasteiger partial charge in [0.2, 0.25) is 0 Å². The van der Waals surface area contributed by atoms with Gasteiger partial charge in [0.05, 0.1) is 0 Å². The molecule has 4 N–H and O–H groups in total. The van der Waals surface area contributed by atoms with Crippen molar-refractivity contribution in [3.05, 3.63) is 57.6 Å². The van der Waals surface area contributed by atoms with E-state index in [0.29, 0.717) is 78.5 Å². The number of carbonyl (C=O) groups excluding carboxylic acids is 2. The highest BCUT2D eigenvalue weighted by molar-refractivity contribution is 8.03. The molecule has 0 aromatic heterocycles.